The zero-order valence-corrected chi connectivity index (χ0v) is 21.5. The van der Waals surface area contributed by atoms with E-state index in [0.717, 1.165) is 6.07 Å². The highest BCUT2D eigenvalue weighted by atomic mass is 35.5. The number of benzene rings is 2. The Morgan fingerprint density at radius 1 is 1.05 bits per heavy atom. The van der Waals surface area contributed by atoms with Gasteiger partial charge in [0.1, 0.15) is 0 Å². The van der Waals surface area contributed by atoms with Gasteiger partial charge in [-0.25, -0.2) is 26.4 Å². The highest BCUT2D eigenvalue weighted by Crippen LogP contribution is 2.50. The van der Waals surface area contributed by atoms with Gasteiger partial charge in [0.2, 0.25) is 0 Å². The van der Waals surface area contributed by atoms with Gasteiger partial charge < -0.3 is 15.4 Å². The monoisotopic (exact) mass is 558 g/mol. The van der Waals surface area contributed by atoms with Gasteiger partial charge >= 0.3 is 6.09 Å². The van der Waals surface area contributed by atoms with Crippen molar-refractivity contribution in [3.63, 3.8) is 0 Å². The number of hydrogen-bond donors (Lipinski definition) is 2. The summed E-state index contributed by atoms with van der Waals surface area (Å²) >= 11 is 6.27. The van der Waals surface area contributed by atoms with Crippen LogP contribution in [0.1, 0.15) is 43.0 Å². The molecule has 2 aromatic rings. The SMILES string of the molecule is CCNC(=O)OCC1C[C@@H]2CC[C@@H](C1)C2S(=O)(=O)c1cc(C(=O)Nc2cc(F)c(F)c(F)c2)ccc1Cl. The zero-order chi connectivity index (χ0) is 26.9. The fourth-order valence-corrected chi connectivity index (χ4v) is 8.34. The largest absolute Gasteiger partial charge is 0.449 e. The highest BCUT2D eigenvalue weighted by molar-refractivity contribution is 7.92. The topological polar surface area (TPSA) is 102 Å². The van der Waals surface area contributed by atoms with Crippen molar-refractivity contribution >= 4 is 39.1 Å². The molecule has 0 radical (unpaired) electrons. The van der Waals surface area contributed by atoms with Crippen LogP contribution in [0.3, 0.4) is 0 Å². The molecule has 2 atom stereocenters. The number of anilines is 1. The van der Waals surface area contributed by atoms with Crippen molar-refractivity contribution in [3.8, 4) is 0 Å². The smallest absolute Gasteiger partial charge is 0.407 e. The fraction of sp³-hybridized carbons (Fsp3) is 0.440. The van der Waals surface area contributed by atoms with E-state index in [1.54, 1.807) is 6.92 Å². The summed E-state index contributed by atoms with van der Waals surface area (Å²) in [5, 5.41) is 4.07. The number of nitrogens with one attached hydrogen (secondary N) is 2. The molecule has 2 saturated carbocycles. The Kier molecular flexibility index (Phi) is 8.03. The number of carbonyl (C=O) groups is 2. The lowest BCUT2D eigenvalue weighted by Crippen LogP contribution is -2.39. The summed E-state index contributed by atoms with van der Waals surface area (Å²) < 4.78 is 73.0. The van der Waals surface area contributed by atoms with E-state index in [1.165, 1.54) is 12.1 Å². The van der Waals surface area contributed by atoms with Crippen molar-refractivity contribution in [1.82, 2.24) is 5.32 Å². The summed E-state index contributed by atoms with van der Waals surface area (Å²) in [6, 6.07) is 4.96. The first kappa shape index (κ1) is 27.3. The molecule has 2 amide bonds. The number of hydrogen-bond acceptors (Lipinski definition) is 5. The lowest BCUT2D eigenvalue weighted by atomic mass is 9.81. The molecular formula is C25H26ClF3N2O5S. The maximum Gasteiger partial charge on any atom is 0.407 e. The van der Waals surface area contributed by atoms with Crippen molar-refractivity contribution < 1.29 is 35.9 Å². The molecule has 2 aliphatic rings. The van der Waals surface area contributed by atoms with Crippen LogP contribution in [0.4, 0.5) is 23.7 Å². The van der Waals surface area contributed by atoms with Gasteiger partial charge in [0.15, 0.2) is 27.3 Å². The number of sulfone groups is 1. The van der Waals surface area contributed by atoms with E-state index in [0.29, 0.717) is 44.4 Å². The number of amides is 2. The van der Waals surface area contributed by atoms with Crippen LogP contribution in [-0.4, -0.2) is 38.8 Å². The average molecular weight is 559 g/mol. The van der Waals surface area contributed by atoms with Gasteiger partial charge in [0.25, 0.3) is 5.91 Å². The molecule has 0 heterocycles. The van der Waals surface area contributed by atoms with E-state index >= 15 is 0 Å². The Balaban J connectivity index is 1.52. The average Bonchev–Trinajstić information content (AvgIpc) is 3.13. The second-order valence-corrected chi connectivity index (χ2v) is 11.9. The van der Waals surface area contributed by atoms with Crippen LogP contribution >= 0.6 is 11.6 Å². The van der Waals surface area contributed by atoms with Gasteiger partial charge in [-0.15, -0.1) is 0 Å². The van der Waals surface area contributed by atoms with E-state index in [1.807, 2.05) is 0 Å². The Labute approximate surface area is 217 Å². The molecule has 4 rings (SSSR count). The van der Waals surface area contributed by atoms with Crippen LogP contribution in [0.15, 0.2) is 35.2 Å². The fourth-order valence-electron chi connectivity index (χ4n) is 5.47. The first-order chi connectivity index (χ1) is 17.5. The maximum absolute atomic E-state index is 13.7. The molecule has 0 unspecified atom stereocenters. The first-order valence-corrected chi connectivity index (χ1v) is 13.8. The second kappa shape index (κ2) is 10.9. The molecule has 2 aromatic carbocycles. The summed E-state index contributed by atoms with van der Waals surface area (Å²) in [4.78, 5) is 24.1. The summed E-state index contributed by atoms with van der Waals surface area (Å²) in [5.41, 5.74) is -0.420. The molecule has 2 bridgehead atoms. The van der Waals surface area contributed by atoms with Crippen LogP contribution in [0.5, 0.6) is 0 Å². The normalized spacial score (nSPS) is 22.9. The molecule has 0 spiro atoms. The molecule has 12 heteroatoms. The third-order valence-corrected chi connectivity index (χ3v) is 9.86. The lowest BCUT2D eigenvalue weighted by molar-refractivity contribution is 0.102. The molecule has 37 heavy (non-hydrogen) atoms. The van der Waals surface area contributed by atoms with E-state index in [9.17, 15) is 31.2 Å². The van der Waals surface area contributed by atoms with Crippen LogP contribution < -0.4 is 10.6 Å². The molecule has 2 fully saturated rings. The minimum absolute atomic E-state index is 0.0449. The number of alkyl carbamates (subject to hydrolysis) is 1. The predicted octanol–water partition coefficient (Wildman–Crippen LogP) is 5.33. The maximum atomic E-state index is 13.7. The minimum Gasteiger partial charge on any atom is -0.449 e. The number of carbonyl (C=O) groups excluding carboxylic acids is 2. The minimum atomic E-state index is -3.94. The van der Waals surface area contributed by atoms with E-state index in [4.69, 9.17) is 16.3 Å². The molecule has 0 aromatic heterocycles. The highest BCUT2D eigenvalue weighted by Gasteiger charge is 2.50. The Morgan fingerprint density at radius 2 is 1.68 bits per heavy atom. The Morgan fingerprint density at radius 3 is 2.27 bits per heavy atom. The van der Waals surface area contributed by atoms with Gasteiger partial charge in [-0.05, 0) is 68.6 Å². The number of fused-ring (bicyclic) bond motifs is 2. The van der Waals surface area contributed by atoms with Crippen molar-refractivity contribution in [2.45, 2.75) is 42.8 Å². The van der Waals surface area contributed by atoms with Crippen LogP contribution in [0.2, 0.25) is 5.02 Å². The molecule has 0 aliphatic heterocycles. The number of ether oxygens (including phenoxy) is 1. The van der Waals surface area contributed by atoms with Crippen molar-refractivity contribution in [3.05, 3.63) is 58.4 Å². The van der Waals surface area contributed by atoms with Gasteiger partial charge in [-0.1, -0.05) is 11.6 Å². The molecule has 7 nitrogen and oxygen atoms in total. The van der Waals surface area contributed by atoms with E-state index in [-0.39, 0.29) is 45.5 Å². The van der Waals surface area contributed by atoms with E-state index < -0.39 is 44.5 Å². The van der Waals surface area contributed by atoms with Gasteiger partial charge in [0, 0.05) is 29.9 Å². The van der Waals surface area contributed by atoms with Crippen molar-refractivity contribution in [2.75, 3.05) is 18.5 Å². The first-order valence-electron chi connectivity index (χ1n) is 11.9. The third-order valence-electron chi connectivity index (χ3n) is 6.98. The second-order valence-electron chi connectivity index (χ2n) is 9.43. The van der Waals surface area contributed by atoms with Gasteiger partial charge in [0.05, 0.1) is 21.8 Å². The summed E-state index contributed by atoms with van der Waals surface area (Å²) in [5.74, 6) is -5.70. The predicted molar refractivity (Wildman–Crippen MR) is 131 cm³/mol. The lowest BCUT2D eigenvalue weighted by Gasteiger charge is -2.34. The van der Waals surface area contributed by atoms with Crippen LogP contribution in [0, 0.1) is 35.2 Å². The Hall–Kier alpha value is -2.79. The standard InChI is InChI=1S/C25H26ClF3N2O5S/c1-2-30-25(33)36-12-13-7-14-3-4-15(8-13)23(14)37(34,35)21-9-16(5-6-18(21)26)24(32)31-17-10-19(27)22(29)20(28)11-17/h5-6,9-11,13-15,23H,2-4,7-8,12H2,1H3,(H,30,33)(H,31,32)/t13?,14-,15-,23?/m0/s1. The van der Waals surface area contributed by atoms with E-state index in [2.05, 4.69) is 10.6 Å². The van der Waals surface area contributed by atoms with Crippen LogP contribution in [-0.2, 0) is 14.6 Å². The number of rotatable bonds is 7. The van der Waals surface area contributed by atoms with Crippen molar-refractivity contribution in [2.24, 2.45) is 17.8 Å². The van der Waals surface area contributed by atoms with Gasteiger partial charge in [-0.2, -0.15) is 0 Å². The van der Waals surface area contributed by atoms with Gasteiger partial charge in [-0.3, -0.25) is 4.79 Å². The summed E-state index contributed by atoms with van der Waals surface area (Å²) in [6.07, 6.45) is 2.09. The molecule has 2 N–H and O–H groups in total. The molecule has 0 saturated heterocycles. The Bertz CT molecular complexity index is 1290. The third kappa shape index (κ3) is 5.72. The summed E-state index contributed by atoms with van der Waals surface area (Å²) in [7, 11) is -3.94. The summed E-state index contributed by atoms with van der Waals surface area (Å²) in [6.45, 7) is 2.45. The zero-order valence-electron chi connectivity index (χ0n) is 19.9. The number of halogens is 4. The van der Waals surface area contributed by atoms with Crippen molar-refractivity contribution in [1.29, 1.82) is 0 Å². The quantitative estimate of drug-likeness (QED) is 0.447. The molecular weight excluding hydrogens is 533 g/mol. The molecule has 2 aliphatic carbocycles. The van der Waals surface area contributed by atoms with Crippen LogP contribution in [0.25, 0.3) is 0 Å². The molecule has 200 valence electrons.